The van der Waals surface area contributed by atoms with E-state index in [2.05, 4.69) is 5.32 Å². The Morgan fingerprint density at radius 2 is 1.88 bits per heavy atom. The van der Waals surface area contributed by atoms with Crippen molar-refractivity contribution in [3.05, 3.63) is 59.2 Å². The Morgan fingerprint density at radius 1 is 1.20 bits per heavy atom. The van der Waals surface area contributed by atoms with Gasteiger partial charge in [0.15, 0.2) is 0 Å². The van der Waals surface area contributed by atoms with E-state index in [-0.39, 0.29) is 36.1 Å². The lowest BCUT2D eigenvalue weighted by Crippen LogP contribution is -2.47. The number of carboxylic acids is 1. The molecule has 2 aromatic carbocycles. The van der Waals surface area contributed by atoms with E-state index >= 15 is 0 Å². The Morgan fingerprint density at radius 3 is 2.49 bits per heavy atom. The summed E-state index contributed by atoms with van der Waals surface area (Å²) in [6, 6.07) is 10.8. The van der Waals surface area contributed by atoms with Crippen molar-refractivity contribution in [3.8, 4) is 5.75 Å². The van der Waals surface area contributed by atoms with Crippen molar-refractivity contribution >= 4 is 23.5 Å². The number of hydrogen-bond acceptors (Lipinski definition) is 6. The quantitative estimate of drug-likeness (QED) is 0.390. The summed E-state index contributed by atoms with van der Waals surface area (Å²) in [7, 11) is 1.90. The lowest BCUT2D eigenvalue weighted by Gasteiger charge is -2.34. The van der Waals surface area contributed by atoms with Gasteiger partial charge in [-0.1, -0.05) is 19.1 Å². The number of likely N-dealkylation sites (N-methyl/N-ethyl adjacent to an activating group) is 1. The van der Waals surface area contributed by atoms with E-state index in [1.165, 1.54) is 12.1 Å². The average molecular weight is 580 g/mol. The zero-order valence-electron chi connectivity index (χ0n) is 23.3. The van der Waals surface area contributed by atoms with Gasteiger partial charge in [0.25, 0.3) is 0 Å². The van der Waals surface area contributed by atoms with E-state index in [0.717, 1.165) is 5.56 Å². The number of rotatable bonds is 10. The first kappa shape index (κ1) is 31.9. The molecule has 2 aromatic rings. The fourth-order valence-corrected chi connectivity index (χ4v) is 4.64. The highest BCUT2D eigenvalue weighted by molar-refractivity contribution is 5.91. The summed E-state index contributed by atoms with van der Waals surface area (Å²) in [5.74, 6) is -1.79. The van der Waals surface area contributed by atoms with Crippen LogP contribution in [0, 0.1) is 5.92 Å². The molecule has 3 rings (SSSR count). The summed E-state index contributed by atoms with van der Waals surface area (Å²) < 4.78 is 44.0. The number of amides is 2. The van der Waals surface area contributed by atoms with Crippen LogP contribution in [0.2, 0.25) is 0 Å². The van der Waals surface area contributed by atoms with Gasteiger partial charge in [-0.2, -0.15) is 13.2 Å². The number of aromatic carboxylic acids is 1. The number of aliphatic hydroxyl groups excluding tert-OH is 1. The Balaban J connectivity index is 1.83. The molecule has 9 nitrogen and oxygen atoms in total. The highest BCUT2D eigenvalue weighted by Crippen LogP contribution is 2.30. The molecule has 2 amide bonds. The fraction of sp³-hybridized carbons (Fsp3) is 0.483. The second-order valence-electron chi connectivity index (χ2n) is 10.6. The van der Waals surface area contributed by atoms with Crippen molar-refractivity contribution in [3.63, 3.8) is 0 Å². The summed E-state index contributed by atoms with van der Waals surface area (Å²) in [4.78, 5) is 40.2. The van der Waals surface area contributed by atoms with Gasteiger partial charge in [0, 0.05) is 43.2 Å². The molecule has 3 N–H and O–H groups in total. The second kappa shape index (κ2) is 13.8. The van der Waals surface area contributed by atoms with Crippen molar-refractivity contribution in [2.75, 3.05) is 32.1 Å². The van der Waals surface area contributed by atoms with Crippen LogP contribution >= 0.6 is 0 Å². The van der Waals surface area contributed by atoms with E-state index in [1.54, 1.807) is 42.2 Å². The first-order valence-corrected chi connectivity index (χ1v) is 13.3. The molecule has 0 unspecified atom stereocenters. The van der Waals surface area contributed by atoms with Crippen LogP contribution in [-0.4, -0.2) is 82.9 Å². The maximum Gasteiger partial charge on any atom is 0.389 e. The van der Waals surface area contributed by atoms with Gasteiger partial charge in [-0.25, -0.2) is 4.79 Å². The zero-order chi connectivity index (χ0) is 30.3. The number of ether oxygens (including phenoxy) is 1. The second-order valence-corrected chi connectivity index (χ2v) is 10.6. The largest absolute Gasteiger partial charge is 0.488 e. The van der Waals surface area contributed by atoms with Crippen molar-refractivity contribution in [1.29, 1.82) is 0 Å². The number of anilines is 1. The van der Waals surface area contributed by atoms with Crippen LogP contribution in [0.25, 0.3) is 0 Å². The van der Waals surface area contributed by atoms with Crippen LogP contribution in [0.1, 0.15) is 48.2 Å². The Hall–Kier alpha value is -3.64. The molecule has 1 heterocycles. The van der Waals surface area contributed by atoms with Gasteiger partial charge in [-0.3, -0.25) is 14.5 Å². The van der Waals surface area contributed by atoms with Crippen molar-refractivity contribution in [2.24, 2.45) is 5.92 Å². The summed E-state index contributed by atoms with van der Waals surface area (Å²) >= 11 is 0. The number of carbonyl (C=O) groups is 3. The smallest absolute Gasteiger partial charge is 0.389 e. The molecule has 41 heavy (non-hydrogen) atoms. The molecule has 0 spiro atoms. The van der Waals surface area contributed by atoms with Crippen molar-refractivity contribution in [1.82, 2.24) is 9.80 Å². The van der Waals surface area contributed by atoms with Crippen LogP contribution in [0.15, 0.2) is 42.5 Å². The summed E-state index contributed by atoms with van der Waals surface area (Å²) in [6.07, 6.45) is -6.89. The van der Waals surface area contributed by atoms with Gasteiger partial charge in [0.1, 0.15) is 11.9 Å². The third kappa shape index (κ3) is 9.46. The van der Waals surface area contributed by atoms with Crippen LogP contribution in [0.4, 0.5) is 18.9 Å². The number of carbonyl (C=O) groups excluding carboxylic acids is 2. The molecule has 0 fully saturated rings. The van der Waals surface area contributed by atoms with E-state index in [9.17, 15) is 32.7 Å². The lowest BCUT2D eigenvalue weighted by atomic mass is 10.0. The Labute approximate surface area is 236 Å². The molecule has 12 heteroatoms. The molecule has 0 saturated carbocycles. The maximum absolute atomic E-state index is 13.3. The SMILES string of the molecule is C[C@@H]1CN([C@@H](C)CO)C(=O)Cc2cc(NC(=O)CCC(F)(F)F)ccc2O[C@@H]1CN(C)Cc1ccc(C(=O)O)cc1. The molecule has 1 aliphatic heterocycles. The van der Waals surface area contributed by atoms with Gasteiger partial charge in [-0.15, -0.1) is 0 Å². The van der Waals surface area contributed by atoms with Gasteiger partial charge in [0.05, 0.1) is 31.1 Å². The topological polar surface area (TPSA) is 119 Å². The number of carboxylic acid groups (broad SMARTS) is 1. The van der Waals surface area contributed by atoms with Crippen molar-refractivity contribution in [2.45, 2.75) is 58.0 Å². The number of benzene rings is 2. The first-order chi connectivity index (χ1) is 19.3. The third-order valence-corrected chi connectivity index (χ3v) is 6.98. The van der Waals surface area contributed by atoms with Gasteiger partial charge in [0.2, 0.25) is 11.8 Å². The van der Waals surface area contributed by atoms with E-state index in [4.69, 9.17) is 9.84 Å². The molecule has 0 saturated heterocycles. The molecule has 224 valence electrons. The minimum atomic E-state index is -4.45. The molecular weight excluding hydrogens is 543 g/mol. The van der Waals surface area contributed by atoms with Crippen LogP contribution in [-0.2, 0) is 22.6 Å². The average Bonchev–Trinajstić information content (AvgIpc) is 2.94. The number of nitrogens with zero attached hydrogens (tertiary/aromatic N) is 2. The highest BCUT2D eigenvalue weighted by Gasteiger charge is 2.31. The summed E-state index contributed by atoms with van der Waals surface area (Å²) in [5, 5.41) is 21.4. The van der Waals surface area contributed by atoms with E-state index < -0.39 is 43.0 Å². The molecule has 0 bridgehead atoms. The van der Waals surface area contributed by atoms with Crippen LogP contribution < -0.4 is 10.1 Å². The predicted molar refractivity (Wildman–Crippen MR) is 146 cm³/mol. The molecule has 1 aliphatic rings. The number of hydrogen-bond donors (Lipinski definition) is 3. The molecule has 0 aliphatic carbocycles. The standard InChI is InChI=1S/C29H36F3N3O6/c1-18-14-35(19(2)17-36)27(38)13-22-12-23(33-26(37)10-11-29(30,31)32)8-9-24(22)41-25(18)16-34(3)15-20-4-6-21(7-5-20)28(39)40/h4-9,12,18-19,25,36H,10-11,13-17H2,1-3H3,(H,33,37)(H,39,40)/t18-,19+,25-/m1/s1. The number of fused-ring (bicyclic) bond motifs is 1. The Kier molecular flexibility index (Phi) is 10.7. The molecule has 0 aromatic heterocycles. The summed E-state index contributed by atoms with van der Waals surface area (Å²) in [5.41, 5.74) is 1.81. The molecule has 3 atom stereocenters. The Bertz CT molecular complexity index is 1220. The predicted octanol–water partition coefficient (Wildman–Crippen LogP) is 3.95. The highest BCUT2D eigenvalue weighted by atomic mass is 19.4. The number of alkyl halides is 3. The maximum atomic E-state index is 13.3. The minimum absolute atomic E-state index is 0.0862. The van der Waals surface area contributed by atoms with Gasteiger partial charge in [-0.05, 0) is 49.9 Å². The number of aliphatic hydroxyl groups is 1. The molecular formula is C29H36F3N3O6. The third-order valence-electron chi connectivity index (χ3n) is 6.98. The van der Waals surface area contributed by atoms with E-state index in [0.29, 0.717) is 30.9 Å². The molecule has 0 radical (unpaired) electrons. The number of nitrogens with one attached hydrogen (secondary N) is 1. The monoisotopic (exact) mass is 579 g/mol. The van der Waals surface area contributed by atoms with Crippen LogP contribution in [0.3, 0.4) is 0 Å². The summed E-state index contributed by atoms with van der Waals surface area (Å²) in [6.45, 7) is 4.73. The van der Waals surface area contributed by atoms with Crippen LogP contribution in [0.5, 0.6) is 5.75 Å². The first-order valence-electron chi connectivity index (χ1n) is 13.3. The van der Waals surface area contributed by atoms with Crippen molar-refractivity contribution < 1.29 is 42.5 Å². The minimum Gasteiger partial charge on any atom is -0.488 e. The zero-order valence-corrected chi connectivity index (χ0v) is 23.3. The van der Waals surface area contributed by atoms with Gasteiger partial charge < -0.3 is 25.2 Å². The van der Waals surface area contributed by atoms with Gasteiger partial charge >= 0.3 is 12.1 Å². The fourth-order valence-electron chi connectivity index (χ4n) is 4.64. The normalized spacial score (nSPS) is 18.5. The van der Waals surface area contributed by atoms with E-state index in [1.807, 2.05) is 18.9 Å². The number of halogens is 3. The lowest BCUT2D eigenvalue weighted by molar-refractivity contribution is -0.142.